The molecule has 5 heteroatoms. The topological polar surface area (TPSA) is 68.0 Å². The van der Waals surface area contributed by atoms with Gasteiger partial charge in [0.15, 0.2) is 6.29 Å². The van der Waals surface area contributed by atoms with Crippen LogP contribution in [0.5, 0.6) is 0 Å². The van der Waals surface area contributed by atoms with Crippen LogP contribution in [0.1, 0.15) is 12.8 Å². The monoisotopic (exact) mass is 214 g/mol. The van der Waals surface area contributed by atoms with Crippen LogP contribution in [0.25, 0.3) is 0 Å². The van der Waals surface area contributed by atoms with E-state index in [-0.39, 0.29) is 24.5 Å². The normalized spacial score (nSPS) is 51.2. The van der Waals surface area contributed by atoms with Crippen LogP contribution in [0.2, 0.25) is 0 Å². The number of hydrogen-bond donors (Lipinski definition) is 2. The van der Waals surface area contributed by atoms with Crippen LogP contribution < -0.4 is 5.73 Å². The molecule has 3 aliphatic rings. The molecule has 0 radical (unpaired) electrons. The first-order valence-electron chi connectivity index (χ1n) is 5.72. The van der Waals surface area contributed by atoms with Crippen LogP contribution in [0, 0.1) is 0 Å². The minimum absolute atomic E-state index is 0.0683. The standard InChI is InChI=1S/C10H18N2O3/c11-7-6-5-14-10(15-6)8(9(7)13)12-3-1-2-4-12/h6-10,13H,1-5,11H2. The summed E-state index contributed by atoms with van der Waals surface area (Å²) in [5.74, 6) is 0. The highest BCUT2D eigenvalue weighted by Gasteiger charge is 2.50. The fourth-order valence-electron chi connectivity index (χ4n) is 2.86. The van der Waals surface area contributed by atoms with Crippen LogP contribution in [-0.2, 0) is 9.47 Å². The molecular weight excluding hydrogens is 196 g/mol. The van der Waals surface area contributed by atoms with Crippen molar-refractivity contribution >= 4 is 0 Å². The van der Waals surface area contributed by atoms with E-state index in [1.165, 1.54) is 12.8 Å². The summed E-state index contributed by atoms with van der Waals surface area (Å²) in [6.07, 6.45) is 1.46. The first-order chi connectivity index (χ1) is 7.27. The predicted octanol–water partition coefficient (Wildman–Crippen LogP) is -1.11. The van der Waals surface area contributed by atoms with Gasteiger partial charge >= 0.3 is 0 Å². The Bertz CT molecular complexity index is 243. The molecule has 0 saturated carbocycles. The first-order valence-corrected chi connectivity index (χ1v) is 5.72. The molecule has 5 nitrogen and oxygen atoms in total. The van der Waals surface area contributed by atoms with E-state index in [1.807, 2.05) is 0 Å². The molecule has 0 aromatic heterocycles. The van der Waals surface area contributed by atoms with E-state index in [4.69, 9.17) is 15.2 Å². The Morgan fingerprint density at radius 3 is 2.73 bits per heavy atom. The number of nitrogens with two attached hydrogens (primary N) is 1. The van der Waals surface area contributed by atoms with Crippen molar-refractivity contribution in [1.29, 1.82) is 0 Å². The van der Waals surface area contributed by atoms with E-state index in [9.17, 15) is 5.11 Å². The zero-order valence-corrected chi connectivity index (χ0v) is 8.71. The summed E-state index contributed by atoms with van der Waals surface area (Å²) in [7, 11) is 0. The molecule has 15 heavy (non-hydrogen) atoms. The smallest absolute Gasteiger partial charge is 0.176 e. The number of hydrogen-bond acceptors (Lipinski definition) is 5. The van der Waals surface area contributed by atoms with Gasteiger partial charge in [-0.2, -0.15) is 0 Å². The SMILES string of the molecule is NC1C2COC(O2)C(N2CCCC2)C1O. The second-order valence-electron chi connectivity index (χ2n) is 4.68. The van der Waals surface area contributed by atoms with Gasteiger partial charge in [-0.25, -0.2) is 0 Å². The maximum absolute atomic E-state index is 10.2. The van der Waals surface area contributed by atoms with Gasteiger partial charge in [-0.3, -0.25) is 4.90 Å². The molecule has 3 fully saturated rings. The Balaban J connectivity index is 1.80. The lowest BCUT2D eigenvalue weighted by molar-refractivity contribution is -0.174. The molecule has 3 rings (SSSR count). The lowest BCUT2D eigenvalue weighted by Gasteiger charge is -2.41. The van der Waals surface area contributed by atoms with Crippen molar-refractivity contribution in [3.8, 4) is 0 Å². The van der Waals surface area contributed by atoms with Crippen molar-refractivity contribution < 1.29 is 14.6 Å². The molecule has 0 aromatic carbocycles. The lowest BCUT2D eigenvalue weighted by Crippen LogP contribution is -2.62. The van der Waals surface area contributed by atoms with Gasteiger partial charge in [0.2, 0.25) is 0 Å². The lowest BCUT2D eigenvalue weighted by atomic mass is 9.96. The Hall–Kier alpha value is -0.200. The van der Waals surface area contributed by atoms with Gasteiger partial charge in [-0.1, -0.05) is 0 Å². The maximum Gasteiger partial charge on any atom is 0.176 e. The van der Waals surface area contributed by atoms with Crippen LogP contribution in [0.15, 0.2) is 0 Å². The van der Waals surface area contributed by atoms with Crippen LogP contribution in [0.4, 0.5) is 0 Å². The fourth-order valence-corrected chi connectivity index (χ4v) is 2.86. The molecule has 0 spiro atoms. The number of aliphatic hydroxyl groups excluding tert-OH is 1. The summed E-state index contributed by atoms with van der Waals surface area (Å²) in [6.45, 7) is 2.55. The van der Waals surface area contributed by atoms with E-state index < -0.39 is 6.10 Å². The molecule has 5 atom stereocenters. The fraction of sp³-hybridized carbons (Fsp3) is 1.00. The number of nitrogens with zero attached hydrogens (tertiary/aromatic N) is 1. The Labute approximate surface area is 89.1 Å². The van der Waals surface area contributed by atoms with Crippen molar-refractivity contribution in [1.82, 2.24) is 4.90 Å². The second-order valence-corrected chi connectivity index (χ2v) is 4.68. The molecule has 3 aliphatic heterocycles. The third-order valence-electron chi connectivity index (χ3n) is 3.75. The summed E-state index contributed by atoms with van der Waals surface area (Å²) in [6, 6.07) is -0.379. The average molecular weight is 214 g/mol. The summed E-state index contributed by atoms with van der Waals surface area (Å²) in [5, 5.41) is 10.2. The van der Waals surface area contributed by atoms with Gasteiger partial charge in [0.1, 0.15) is 6.10 Å². The van der Waals surface area contributed by atoms with Crippen molar-refractivity contribution in [2.75, 3.05) is 19.7 Å². The molecule has 3 heterocycles. The first kappa shape index (κ1) is 9.99. The molecule has 2 bridgehead atoms. The van der Waals surface area contributed by atoms with Crippen LogP contribution >= 0.6 is 0 Å². The highest BCUT2D eigenvalue weighted by atomic mass is 16.7. The van der Waals surface area contributed by atoms with Gasteiger partial charge in [-0.15, -0.1) is 0 Å². The highest BCUT2D eigenvalue weighted by Crippen LogP contribution is 2.31. The molecule has 5 unspecified atom stereocenters. The van der Waals surface area contributed by atoms with Crippen LogP contribution in [-0.4, -0.2) is 60.3 Å². The third kappa shape index (κ3) is 1.50. The van der Waals surface area contributed by atoms with Gasteiger partial charge in [0, 0.05) is 0 Å². The number of aliphatic hydroxyl groups is 1. The van der Waals surface area contributed by atoms with E-state index in [1.54, 1.807) is 0 Å². The Morgan fingerprint density at radius 1 is 1.27 bits per heavy atom. The van der Waals surface area contributed by atoms with Crippen molar-refractivity contribution in [3.05, 3.63) is 0 Å². The highest BCUT2D eigenvalue weighted by molar-refractivity contribution is 5.00. The third-order valence-corrected chi connectivity index (χ3v) is 3.75. The summed E-state index contributed by atoms with van der Waals surface area (Å²) in [4.78, 5) is 2.25. The molecule has 86 valence electrons. The Kier molecular flexibility index (Phi) is 2.45. The molecule has 0 aliphatic carbocycles. The average Bonchev–Trinajstić information content (AvgIpc) is 2.85. The molecular formula is C10H18N2O3. The molecule has 0 aromatic rings. The van der Waals surface area contributed by atoms with E-state index in [0.29, 0.717) is 6.61 Å². The van der Waals surface area contributed by atoms with Crippen molar-refractivity contribution in [2.24, 2.45) is 5.73 Å². The Morgan fingerprint density at radius 2 is 2.00 bits per heavy atom. The van der Waals surface area contributed by atoms with E-state index in [2.05, 4.69) is 4.90 Å². The predicted molar refractivity (Wildman–Crippen MR) is 53.2 cm³/mol. The quantitative estimate of drug-likeness (QED) is 0.579. The van der Waals surface area contributed by atoms with Gasteiger partial charge < -0.3 is 20.3 Å². The van der Waals surface area contributed by atoms with Gasteiger partial charge in [0.25, 0.3) is 0 Å². The number of fused-ring (bicyclic) bond motifs is 2. The van der Waals surface area contributed by atoms with Crippen molar-refractivity contribution in [2.45, 2.75) is 43.4 Å². The summed E-state index contributed by atoms with van der Waals surface area (Å²) in [5.41, 5.74) is 5.94. The number of likely N-dealkylation sites (tertiary alicyclic amines) is 1. The summed E-state index contributed by atoms with van der Waals surface area (Å²) < 4.78 is 11.2. The summed E-state index contributed by atoms with van der Waals surface area (Å²) >= 11 is 0. The zero-order chi connectivity index (χ0) is 10.4. The largest absolute Gasteiger partial charge is 0.390 e. The number of ether oxygens (including phenoxy) is 2. The minimum Gasteiger partial charge on any atom is -0.390 e. The van der Waals surface area contributed by atoms with E-state index >= 15 is 0 Å². The molecule has 3 saturated heterocycles. The molecule has 0 amide bonds. The molecule has 3 N–H and O–H groups in total. The van der Waals surface area contributed by atoms with Gasteiger partial charge in [-0.05, 0) is 25.9 Å². The number of rotatable bonds is 1. The van der Waals surface area contributed by atoms with E-state index in [0.717, 1.165) is 13.1 Å². The van der Waals surface area contributed by atoms with Crippen molar-refractivity contribution in [3.63, 3.8) is 0 Å². The zero-order valence-electron chi connectivity index (χ0n) is 8.71. The maximum atomic E-state index is 10.2. The second kappa shape index (κ2) is 3.68. The van der Waals surface area contributed by atoms with Crippen LogP contribution in [0.3, 0.4) is 0 Å². The van der Waals surface area contributed by atoms with Gasteiger partial charge in [0.05, 0.1) is 24.8 Å². The minimum atomic E-state index is -0.519.